The van der Waals surface area contributed by atoms with Crippen molar-refractivity contribution in [3.05, 3.63) is 193 Å². The molecule has 0 spiro atoms. The van der Waals surface area contributed by atoms with Crippen molar-refractivity contribution in [2.24, 2.45) is 0 Å². The second kappa shape index (κ2) is 14.6. The monoisotopic (exact) mass is 718 g/mol. The van der Waals surface area contributed by atoms with E-state index in [1.54, 1.807) is 0 Å². The first-order valence-electron chi connectivity index (χ1n) is 19.5. The average molecular weight is 719 g/mol. The number of benzene rings is 7. The molecule has 0 bridgehead atoms. The Balaban J connectivity index is 1.07. The number of rotatable bonds is 9. The van der Waals surface area contributed by atoms with E-state index in [0.717, 1.165) is 17.1 Å². The van der Waals surface area contributed by atoms with E-state index in [1.165, 1.54) is 86.0 Å². The van der Waals surface area contributed by atoms with Crippen molar-refractivity contribution in [1.82, 2.24) is 0 Å². The van der Waals surface area contributed by atoms with Gasteiger partial charge >= 0.3 is 0 Å². The molecule has 1 heterocycles. The van der Waals surface area contributed by atoms with Gasteiger partial charge in [0.2, 0.25) is 0 Å². The number of thiophene rings is 1. The van der Waals surface area contributed by atoms with Gasteiger partial charge < -0.3 is 9.80 Å². The highest BCUT2D eigenvalue weighted by atomic mass is 32.1. The molecule has 1 aromatic heterocycles. The van der Waals surface area contributed by atoms with Crippen LogP contribution in [0.3, 0.4) is 0 Å². The summed E-state index contributed by atoms with van der Waals surface area (Å²) < 4.78 is 2.64. The van der Waals surface area contributed by atoms with Gasteiger partial charge in [0.05, 0.1) is 10.4 Å². The molecule has 1 fully saturated rings. The zero-order chi connectivity index (χ0) is 36.5. The Bertz CT molecular complexity index is 2440. The van der Waals surface area contributed by atoms with E-state index >= 15 is 0 Å². The van der Waals surface area contributed by atoms with E-state index in [0.29, 0.717) is 5.92 Å². The lowest BCUT2D eigenvalue weighted by Crippen LogP contribution is -2.19. The second-order valence-corrected chi connectivity index (χ2v) is 16.3. The number of nitrogens with zero attached hydrogens (tertiary/aromatic N) is 2. The zero-order valence-electron chi connectivity index (χ0n) is 31.2. The lowest BCUT2D eigenvalue weighted by molar-refractivity contribution is 0.443. The number of anilines is 6. The van der Waals surface area contributed by atoms with Gasteiger partial charge in [0.15, 0.2) is 0 Å². The maximum atomic E-state index is 2.47. The third-order valence-corrected chi connectivity index (χ3v) is 12.8. The Morgan fingerprint density at radius 2 is 0.926 bits per heavy atom. The lowest BCUT2D eigenvalue weighted by Gasteiger charge is -2.30. The average Bonchev–Trinajstić information content (AvgIpc) is 3.62. The van der Waals surface area contributed by atoms with Crippen molar-refractivity contribution in [3.8, 4) is 0 Å². The summed E-state index contributed by atoms with van der Waals surface area (Å²) in [5, 5.41) is 2.64. The minimum atomic E-state index is -0.195. The van der Waals surface area contributed by atoms with E-state index in [1.807, 2.05) is 11.3 Å². The third-order valence-electron chi connectivity index (χ3n) is 11.6. The normalized spacial score (nSPS) is 13.7. The first-order chi connectivity index (χ1) is 26.5. The Morgan fingerprint density at radius 3 is 1.52 bits per heavy atom. The van der Waals surface area contributed by atoms with Crippen LogP contribution in [0.4, 0.5) is 34.1 Å². The molecule has 266 valence electrons. The van der Waals surface area contributed by atoms with E-state index in [-0.39, 0.29) is 5.41 Å². The van der Waals surface area contributed by atoms with E-state index in [9.17, 15) is 0 Å². The highest BCUT2D eigenvalue weighted by Gasteiger charge is 2.25. The molecule has 0 unspecified atom stereocenters. The molecule has 0 N–H and O–H groups in total. The highest BCUT2D eigenvalue weighted by molar-refractivity contribution is 7.26. The molecule has 0 saturated heterocycles. The molecule has 1 aliphatic rings. The van der Waals surface area contributed by atoms with Crippen molar-refractivity contribution in [2.45, 2.75) is 57.3 Å². The fourth-order valence-electron chi connectivity index (χ4n) is 8.49. The van der Waals surface area contributed by atoms with Gasteiger partial charge in [-0.05, 0) is 108 Å². The van der Waals surface area contributed by atoms with Crippen molar-refractivity contribution in [3.63, 3.8) is 0 Å². The smallest absolute Gasteiger partial charge is 0.0640 e. The van der Waals surface area contributed by atoms with Gasteiger partial charge in [-0.2, -0.15) is 0 Å². The van der Waals surface area contributed by atoms with Crippen LogP contribution in [0.25, 0.3) is 20.2 Å². The Labute approximate surface area is 324 Å². The molecule has 0 aliphatic heterocycles. The van der Waals surface area contributed by atoms with Gasteiger partial charge in [-0.15, -0.1) is 11.3 Å². The van der Waals surface area contributed by atoms with Gasteiger partial charge in [-0.1, -0.05) is 136 Å². The van der Waals surface area contributed by atoms with Crippen LogP contribution >= 0.6 is 11.3 Å². The van der Waals surface area contributed by atoms with Crippen LogP contribution in [0.5, 0.6) is 0 Å². The van der Waals surface area contributed by atoms with Gasteiger partial charge in [0.1, 0.15) is 0 Å². The molecular formula is C51H46N2S. The molecule has 8 aromatic rings. The second-order valence-electron chi connectivity index (χ2n) is 15.2. The van der Waals surface area contributed by atoms with Crippen LogP contribution < -0.4 is 9.80 Å². The number of hydrogen-bond acceptors (Lipinski definition) is 3. The molecule has 7 aromatic carbocycles. The number of para-hydroxylation sites is 2. The maximum absolute atomic E-state index is 2.47. The largest absolute Gasteiger partial charge is 0.311 e. The van der Waals surface area contributed by atoms with Crippen LogP contribution in [0, 0.1) is 0 Å². The predicted molar refractivity (Wildman–Crippen MR) is 233 cm³/mol. The standard InChI is InChI=1S/C51H46N2S/c1-51(2,39-27-33-43(34-28-39)52(41-17-8-4-9-18-41)42-19-10-5-11-20-42)40-29-35-45(36-30-40)53(44-31-25-38(26-32-44)37-15-6-3-7-16-37)48-23-14-22-47-46-21-12-13-24-49(46)54-50(47)48/h4-5,8-14,17-37H,3,6-7,15-16H2,1-2H3. The summed E-state index contributed by atoms with van der Waals surface area (Å²) >= 11 is 1.89. The summed E-state index contributed by atoms with van der Waals surface area (Å²) in [5.74, 6) is 0.683. The molecule has 0 atom stereocenters. The summed E-state index contributed by atoms with van der Waals surface area (Å²) in [5.41, 5.74) is 10.9. The summed E-state index contributed by atoms with van der Waals surface area (Å²) in [4.78, 5) is 4.79. The van der Waals surface area contributed by atoms with Gasteiger partial charge in [-0.3, -0.25) is 0 Å². The van der Waals surface area contributed by atoms with Crippen molar-refractivity contribution in [2.75, 3.05) is 9.80 Å². The molecule has 3 heteroatoms. The molecule has 0 amide bonds. The fraction of sp³-hybridized carbons (Fsp3) is 0.176. The van der Waals surface area contributed by atoms with Crippen LogP contribution in [0.15, 0.2) is 176 Å². The maximum Gasteiger partial charge on any atom is 0.0640 e. The minimum absolute atomic E-state index is 0.195. The summed E-state index contributed by atoms with van der Waals surface area (Å²) in [6, 6.07) is 64.7. The van der Waals surface area contributed by atoms with Crippen LogP contribution in [-0.2, 0) is 5.41 Å². The molecule has 9 rings (SSSR count). The van der Waals surface area contributed by atoms with Gasteiger partial charge in [0, 0.05) is 49.3 Å². The molecule has 1 aliphatic carbocycles. The quantitative estimate of drug-likeness (QED) is 0.147. The highest BCUT2D eigenvalue weighted by Crippen LogP contribution is 2.46. The van der Waals surface area contributed by atoms with Crippen LogP contribution in [-0.4, -0.2) is 0 Å². The SMILES string of the molecule is CC(C)(c1ccc(N(c2ccccc2)c2ccccc2)cc1)c1ccc(N(c2ccc(C3CCCCC3)cc2)c2cccc3c2sc2ccccc23)cc1. The molecular weight excluding hydrogens is 673 g/mol. The first kappa shape index (κ1) is 34.1. The Hall–Kier alpha value is -5.64. The van der Waals surface area contributed by atoms with E-state index in [2.05, 4.69) is 200 Å². The molecule has 1 saturated carbocycles. The lowest BCUT2D eigenvalue weighted by atomic mass is 9.78. The number of fused-ring (bicyclic) bond motifs is 3. The summed E-state index contributed by atoms with van der Waals surface area (Å²) in [7, 11) is 0. The van der Waals surface area contributed by atoms with Crippen LogP contribution in [0.1, 0.15) is 68.6 Å². The van der Waals surface area contributed by atoms with Gasteiger partial charge in [-0.25, -0.2) is 0 Å². The number of hydrogen-bond donors (Lipinski definition) is 0. The molecule has 2 nitrogen and oxygen atoms in total. The topological polar surface area (TPSA) is 6.48 Å². The van der Waals surface area contributed by atoms with Crippen molar-refractivity contribution < 1.29 is 0 Å². The van der Waals surface area contributed by atoms with E-state index in [4.69, 9.17) is 0 Å². The zero-order valence-corrected chi connectivity index (χ0v) is 32.0. The minimum Gasteiger partial charge on any atom is -0.311 e. The first-order valence-corrected chi connectivity index (χ1v) is 20.3. The van der Waals surface area contributed by atoms with Crippen molar-refractivity contribution in [1.29, 1.82) is 0 Å². The molecule has 54 heavy (non-hydrogen) atoms. The molecule has 0 radical (unpaired) electrons. The van der Waals surface area contributed by atoms with Crippen molar-refractivity contribution >= 4 is 65.6 Å². The van der Waals surface area contributed by atoms with Gasteiger partial charge in [0.25, 0.3) is 0 Å². The Morgan fingerprint density at radius 1 is 0.444 bits per heavy atom. The van der Waals surface area contributed by atoms with E-state index < -0.39 is 0 Å². The third kappa shape index (κ3) is 6.48. The Kier molecular flexibility index (Phi) is 9.26. The van der Waals surface area contributed by atoms with Crippen LogP contribution in [0.2, 0.25) is 0 Å². The summed E-state index contributed by atoms with van der Waals surface area (Å²) in [6.07, 6.45) is 6.68. The predicted octanol–water partition coefficient (Wildman–Crippen LogP) is 15.4. The summed E-state index contributed by atoms with van der Waals surface area (Å²) in [6.45, 7) is 4.67. The fourth-order valence-corrected chi connectivity index (χ4v) is 9.70.